The maximum absolute atomic E-state index is 12.3. The van der Waals surface area contributed by atoms with Gasteiger partial charge in [0.25, 0.3) is 0 Å². The second-order valence-electron chi connectivity index (χ2n) is 4.60. The highest BCUT2D eigenvalue weighted by atomic mass is 16.5. The zero-order valence-electron chi connectivity index (χ0n) is 12.0. The Morgan fingerprint density at radius 2 is 1.80 bits per heavy atom. The molecule has 1 aromatic carbocycles. The summed E-state index contributed by atoms with van der Waals surface area (Å²) in [7, 11) is 6.75. The number of rotatable bonds is 4. The molecule has 0 amide bonds. The monoisotopic (exact) mass is 275 g/mol. The van der Waals surface area contributed by atoms with E-state index < -0.39 is 0 Å². The first-order chi connectivity index (χ1) is 9.51. The highest BCUT2D eigenvalue weighted by molar-refractivity contribution is 5.81. The summed E-state index contributed by atoms with van der Waals surface area (Å²) < 4.78 is 7.95. The maximum Gasteiger partial charge on any atom is 0.334 e. The molecule has 0 aliphatic carbocycles. The number of benzene rings is 1. The molecular weight excluding hydrogens is 258 g/mol. The zero-order valence-corrected chi connectivity index (χ0v) is 12.0. The summed E-state index contributed by atoms with van der Waals surface area (Å²) in [6, 6.07) is 7.10. The van der Waals surface area contributed by atoms with Crippen LogP contribution in [-0.4, -0.2) is 36.6 Å². The number of imidazole rings is 1. The predicted molar refractivity (Wildman–Crippen MR) is 77.3 cm³/mol. The van der Waals surface area contributed by atoms with Crippen LogP contribution in [0, 0.1) is 0 Å². The number of aldehydes is 1. The van der Waals surface area contributed by atoms with E-state index in [0.717, 1.165) is 0 Å². The molecule has 20 heavy (non-hydrogen) atoms. The van der Waals surface area contributed by atoms with E-state index in [0.29, 0.717) is 29.2 Å². The average Bonchev–Trinajstić information content (AvgIpc) is 2.71. The van der Waals surface area contributed by atoms with Gasteiger partial charge in [-0.2, -0.15) is 0 Å². The first-order valence-corrected chi connectivity index (χ1v) is 6.10. The fourth-order valence-electron chi connectivity index (χ4n) is 2.13. The second-order valence-corrected chi connectivity index (χ2v) is 4.60. The Kier molecular flexibility index (Phi) is 3.65. The Morgan fingerprint density at radius 1 is 1.20 bits per heavy atom. The largest absolute Gasteiger partial charge is 0.497 e. The third-order valence-corrected chi connectivity index (χ3v) is 3.15. The van der Waals surface area contributed by atoms with Gasteiger partial charge in [-0.15, -0.1) is 0 Å². The summed E-state index contributed by atoms with van der Waals surface area (Å²) in [6.07, 6.45) is 0.691. The van der Waals surface area contributed by atoms with Crippen LogP contribution >= 0.6 is 0 Å². The van der Waals surface area contributed by atoms with E-state index in [9.17, 15) is 9.59 Å². The molecule has 0 aliphatic rings. The average molecular weight is 275 g/mol. The van der Waals surface area contributed by atoms with E-state index in [4.69, 9.17) is 4.74 Å². The minimum Gasteiger partial charge on any atom is -0.497 e. The first-order valence-electron chi connectivity index (χ1n) is 6.10. The summed E-state index contributed by atoms with van der Waals surface area (Å²) in [4.78, 5) is 25.3. The van der Waals surface area contributed by atoms with Crippen molar-refractivity contribution in [1.82, 2.24) is 9.13 Å². The van der Waals surface area contributed by atoms with Gasteiger partial charge in [-0.3, -0.25) is 9.36 Å². The van der Waals surface area contributed by atoms with E-state index in [1.165, 1.54) is 9.13 Å². The molecule has 1 aromatic heterocycles. The summed E-state index contributed by atoms with van der Waals surface area (Å²) in [6.45, 7) is 0. The van der Waals surface area contributed by atoms with Crippen molar-refractivity contribution in [2.75, 3.05) is 26.1 Å². The Bertz CT molecular complexity index is 681. The van der Waals surface area contributed by atoms with E-state index in [2.05, 4.69) is 0 Å². The number of carbonyl (C=O) groups is 1. The van der Waals surface area contributed by atoms with Crippen LogP contribution in [0.4, 0.5) is 5.82 Å². The van der Waals surface area contributed by atoms with Crippen molar-refractivity contribution in [3.05, 3.63) is 40.4 Å². The molecule has 0 fully saturated rings. The third-order valence-electron chi connectivity index (χ3n) is 3.15. The number of hydrogen-bond donors (Lipinski definition) is 0. The van der Waals surface area contributed by atoms with Crippen LogP contribution in [0.2, 0.25) is 0 Å². The number of hydrogen-bond acceptors (Lipinski definition) is 4. The molecule has 0 atom stereocenters. The van der Waals surface area contributed by atoms with Crippen LogP contribution in [0.25, 0.3) is 5.69 Å². The smallest absolute Gasteiger partial charge is 0.334 e. The van der Waals surface area contributed by atoms with Gasteiger partial charge in [0.1, 0.15) is 17.3 Å². The van der Waals surface area contributed by atoms with Crippen molar-refractivity contribution in [1.29, 1.82) is 0 Å². The summed E-state index contributed by atoms with van der Waals surface area (Å²) in [5.74, 6) is 1.26. The lowest BCUT2D eigenvalue weighted by molar-refractivity contribution is 0.111. The van der Waals surface area contributed by atoms with Crippen molar-refractivity contribution in [3.63, 3.8) is 0 Å². The molecule has 106 valence electrons. The molecule has 0 bridgehead atoms. The summed E-state index contributed by atoms with van der Waals surface area (Å²) >= 11 is 0. The molecule has 2 rings (SSSR count). The third kappa shape index (κ3) is 2.09. The van der Waals surface area contributed by atoms with E-state index in [1.54, 1.807) is 57.4 Å². The van der Waals surface area contributed by atoms with Crippen LogP contribution < -0.4 is 15.3 Å². The number of methoxy groups -OCH3 is 1. The Morgan fingerprint density at radius 3 is 2.25 bits per heavy atom. The van der Waals surface area contributed by atoms with Gasteiger partial charge in [0.05, 0.1) is 12.8 Å². The number of carbonyl (C=O) groups excluding carboxylic acids is 1. The van der Waals surface area contributed by atoms with Crippen molar-refractivity contribution in [3.8, 4) is 11.4 Å². The van der Waals surface area contributed by atoms with Gasteiger partial charge in [0.15, 0.2) is 6.29 Å². The van der Waals surface area contributed by atoms with Crippen LogP contribution in [0.3, 0.4) is 0 Å². The predicted octanol–water partition coefficient (Wildman–Crippen LogP) is 1.06. The number of anilines is 1. The molecule has 0 unspecified atom stereocenters. The molecule has 6 nitrogen and oxygen atoms in total. The molecule has 0 saturated carbocycles. The minimum atomic E-state index is -0.263. The quantitative estimate of drug-likeness (QED) is 0.783. The summed E-state index contributed by atoms with van der Waals surface area (Å²) in [5.41, 5.74) is 0.764. The minimum absolute atomic E-state index is 0.263. The molecule has 1 heterocycles. The molecule has 2 aromatic rings. The normalized spacial score (nSPS) is 10.4. The van der Waals surface area contributed by atoms with E-state index in [1.807, 2.05) is 0 Å². The molecule has 0 N–H and O–H groups in total. The first kappa shape index (κ1) is 13.9. The molecule has 0 spiro atoms. The van der Waals surface area contributed by atoms with Gasteiger partial charge in [0, 0.05) is 21.1 Å². The van der Waals surface area contributed by atoms with Crippen molar-refractivity contribution in [2.45, 2.75) is 0 Å². The van der Waals surface area contributed by atoms with E-state index >= 15 is 0 Å². The van der Waals surface area contributed by atoms with E-state index in [-0.39, 0.29) is 5.69 Å². The summed E-state index contributed by atoms with van der Waals surface area (Å²) in [5, 5.41) is 0. The van der Waals surface area contributed by atoms with Crippen LogP contribution in [0.15, 0.2) is 29.1 Å². The highest BCUT2D eigenvalue weighted by Gasteiger charge is 2.20. The Balaban J connectivity index is 2.72. The van der Waals surface area contributed by atoms with Crippen molar-refractivity contribution >= 4 is 12.1 Å². The lowest BCUT2D eigenvalue weighted by Crippen LogP contribution is -2.23. The number of nitrogens with zero attached hydrogens (tertiary/aromatic N) is 3. The molecule has 0 saturated heterocycles. The van der Waals surface area contributed by atoms with Gasteiger partial charge in [0.2, 0.25) is 0 Å². The van der Waals surface area contributed by atoms with Gasteiger partial charge >= 0.3 is 5.69 Å². The molecule has 0 aliphatic heterocycles. The second kappa shape index (κ2) is 5.24. The zero-order chi connectivity index (χ0) is 14.9. The fourth-order valence-corrected chi connectivity index (χ4v) is 2.13. The highest BCUT2D eigenvalue weighted by Crippen LogP contribution is 2.22. The fraction of sp³-hybridized carbons (Fsp3) is 0.286. The molecule has 6 heteroatoms. The standard InChI is InChI=1S/C14H17N3O3/c1-15(2)13-12(9-18)16(3)14(19)17(13)10-5-7-11(20-4)8-6-10/h5-9H,1-4H3. The molecular formula is C14H17N3O3. The van der Waals surface area contributed by atoms with Crippen molar-refractivity contribution in [2.24, 2.45) is 7.05 Å². The Labute approximate surface area is 116 Å². The Hall–Kier alpha value is -2.50. The van der Waals surface area contributed by atoms with Gasteiger partial charge in [-0.25, -0.2) is 9.36 Å². The maximum atomic E-state index is 12.3. The van der Waals surface area contributed by atoms with Crippen LogP contribution in [0.5, 0.6) is 5.75 Å². The van der Waals surface area contributed by atoms with Gasteiger partial charge in [-0.1, -0.05) is 0 Å². The topological polar surface area (TPSA) is 56.5 Å². The number of ether oxygens (including phenoxy) is 1. The number of aromatic nitrogens is 2. The van der Waals surface area contributed by atoms with Crippen molar-refractivity contribution < 1.29 is 9.53 Å². The lowest BCUT2D eigenvalue weighted by Gasteiger charge is -2.15. The van der Waals surface area contributed by atoms with Crippen LogP contribution in [-0.2, 0) is 7.05 Å². The van der Waals surface area contributed by atoms with Gasteiger partial charge in [-0.05, 0) is 24.3 Å². The van der Waals surface area contributed by atoms with Gasteiger partial charge < -0.3 is 9.64 Å². The lowest BCUT2D eigenvalue weighted by atomic mass is 10.3. The SMILES string of the molecule is COc1ccc(-n2c(N(C)C)c(C=O)n(C)c2=O)cc1. The molecule has 0 radical (unpaired) electrons. The van der Waals surface area contributed by atoms with Crippen LogP contribution in [0.1, 0.15) is 10.5 Å².